The molecule has 1 fully saturated rings. The third kappa shape index (κ3) is 5.12. The molecular weight excluding hydrogens is 370 g/mol. The van der Waals surface area contributed by atoms with E-state index in [2.05, 4.69) is 23.2 Å². The van der Waals surface area contributed by atoms with Gasteiger partial charge in [-0.2, -0.15) is 0 Å². The number of ether oxygens (including phenoxy) is 1. The number of carbonyl (C=O) groups excluding carboxylic acids is 1. The smallest absolute Gasteiger partial charge is 0.270 e. The monoisotopic (exact) mass is 397 g/mol. The Kier molecular flexibility index (Phi) is 6.82. The van der Waals surface area contributed by atoms with E-state index >= 15 is 0 Å². The SMILES string of the molecule is COc1ccc([N+](=O)[O-])cc1C(=O)NCc1ccccc1CN1CCCCC1C. The van der Waals surface area contributed by atoms with Gasteiger partial charge in [-0.1, -0.05) is 30.7 Å². The highest BCUT2D eigenvalue weighted by Crippen LogP contribution is 2.24. The van der Waals surface area contributed by atoms with Crippen molar-refractivity contribution < 1.29 is 14.5 Å². The van der Waals surface area contributed by atoms with Crippen LogP contribution < -0.4 is 10.1 Å². The van der Waals surface area contributed by atoms with Crippen LogP contribution in [-0.2, 0) is 13.1 Å². The number of rotatable bonds is 7. The van der Waals surface area contributed by atoms with Gasteiger partial charge in [0.2, 0.25) is 0 Å². The third-order valence-corrected chi connectivity index (χ3v) is 5.51. The van der Waals surface area contributed by atoms with E-state index in [0.717, 1.165) is 18.7 Å². The standard InChI is InChI=1S/C22H27N3O4/c1-16-7-5-6-12-24(16)15-18-9-4-3-8-17(18)14-23-22(26)20-13-19(25(27)28)10-11-21(20)29-2/h3-4,8-11,13,16H,5-7,12,14-15H2,1-2H3,(H,23,26). The molecule has 0 aliphatic carbocycles. The second kappa shape index (κ2) is 9.52. The molecule has 1 unspecified atom stereocenters. The Morgan fingerprint density at radius 1 is 1.24 bits per heavy atom. The fourth-order valence-corrected chi connectivity index (χ4v) is 3.75. The van der Waals surface area contributed by atoms with Gasteiger partial charge >= 0.3 is 0 Å². The molecule has 29 heavy (non-hydrogen) atoms. The zero-order valence-electron chi connectivity index (χ0n) is 16.9. The first-order chi connectivity index (χ1) is 14.0. The van der Waals surface area contributed by atoms with Crippen molar-refractivity contribution in [3.63, 3.8) is 0 Å². The predicted molar refractivity (Wildman–Crippen MR) is 111 cm³/mol. The fourth-order valence-electron chi connectivity index (χ4n) is 3.75. The van der Waals surface area contributed by atoms with E-state index in [1.807, 2.05) is 18.2 Å². The Bertz CT molecular complexity index is 884. The van der Waals surface area contributed by atoms with Crippen LogP contribution in [0.1, 0.15) is 47.7 Å². The van der Waals surface area contributed by atoms with Crippen LogP contribution in [0.3, 0.4) is 0 Å². The molecular formula is C22H27N3O4. The average Bonchev–Trinajstić information content (AvgIpc) is 2.74. The molecule has 1 heterocycles. The lowest BCUT2D eigenvalue weighted by molar-refractivity contribution is -0.384. The van der Waals surface area contributed by atoms with Gasteiger partial charge in [0.25, 0.3) is 11.6 Å². The van der Waals surface area contributed by atoms with Crippen molar-refractivity contribution >= 4 is 11.6 Å². The number of nitro groups is 1. The second-order valence-electron chi connectivity index (χ2n) is 7.41. The number of amides is 1. The maximum Gasteiger partial charge on any atom is 0.270 e. The molecule has 1 atom stereocenters. The first kappa shape index (κ1) is 20.8. The number of non-ortho nitro benzene ring substituents is 1. The molecule has 2 aromatic rings. The Morgan fingerprint density at radius 3 is 2.69 bits per heavy atom. The van der Waals surface area contributed by atoms with E-state index in [4.69, 9.17) is 4.74 Å². The highest BCUT2D eigenvalue weighted by atomic mass is 16.6. The molecule has 7 heteroatoms. The van der Waals surface area contributed by atoms with Crippen LogP contribution in [0.15, 0.2) is 42.5 Å². The molecule has 3 rings (SSSR count). The van der Waals surface area contributed by atoms with Gasteiger partial charge in [0.15, 0.2) is 0 Å². The molecule has 7 nitrogen and oxygen atoms in total. The van der Waals surface area contributed by atoms with Crippen molar-refractivity contribution in [1.29, 1.82) is 0 Å². The van der Waals surface area contributed by atoms with Crippen LogP contribution in [0, 0.1) is 10.1 Å². The molecule has 0 spiro atoms. The molecule has 0 radical (unpaired) electrons. The van der Waals surface area contributed by atoms with E-state index in [9.17, 15) is 14.9 Å². The molecule has 0 bridgehead atoms. The minimum absolute atomic E-state index is 0.143. The van der Waals surface area contributed by atoms with E-state index in [1.54, 1.807) is 0 Å². The van der Waals surface area contributed by atoms with Crippen molar-refractivity contribution in [3.8, 4) is 5.75 Å². The maximum absolute atomic E-state index is 12.7. The number of methoxy groups -OCH3 is 1. The molecule has 2 aromatic carbocycles. The van der Waals surface area contributed by atoms with Crippen LogP contribution in [0.4, 0.5) is 5.69 Å². The van der Waals surface area contributed by atoms with Crippen molar-refractivity contribution in [2.45, 2.75) is 45.3 Å². The third-order valence-electron chi connectivity index (χ3n) is 5.51. The number of benzene rings is 2. The summed E-state index contributed by atoms with van der Waals surface area (Å²) in [7, 11) is 1.44. The minimum atomic E-state index is -0.523. The predicted octanol–water partition coefficient (Wildman–Crippen LogP) is 3.91. The topological polar surface area (TPSA) is 84.7 Å². The van der Waals surface area contributed by atoms with Gasteiger partial charge in [-0.3, -0.25) is 19.8 Å². The minimum Gasteiger partial charge on any atom is -0.496 e. The summed E-state index contributed by atoms with van der Waals surface area (Å²) in [6.07, 6.45) is 3.71. The van der Waals surface area contributed by atoms with Gasteiger partial charge in [-0.15, -0.1) is 0 Å². The number of hydrogen-bond donors (Lipinski definition) is 1. The van der Waals surface area contributed by atoms with Crippen LogP contribution in [0.25, 0.3) is 0 Å². The Morgan fingerprint density at radius 2 is 2.00 bits per heavy atom. The molecule has 154 valence electrons. The van der Waals surface area contributed by atoms with Crippen molar-refractivity contribution in [2.75, 3.05) is 13.7 Å². The highest BCUT2D eigenvalue weighted by Gasteiger charge is 2.20. The molecule has 0 aromatic heterocycles. The van der Waals surface area contributed by atoms with E-state index in [1.165, 1.54) is 50.1 Å². The van der Waals surface area contributed by atoms with Crippen LogP contribution in [0.2, 0.25) is 0 Å². The van der Waals surface area contributed by atoms with Gasteiger partial charge < -0.3 is 10.1 Å². The zero-order chi connectivity index (χ0) is 20.8. The molecule has 1 saturated heterocycles. The number of carbonyl (C=O) groups is 1. The lowest BCUT2D eigenvalue weighted by Gasteiger charge is -2.33. The van der Waals surface area contributed by atoms with Gasteiger partial charge in [0, 0.05) is 31.3 Å². The molecule has 1 amide bonds. The summed E-state index contributed by atoms with van der Waals surface area (Å²) in [5.74, 6) is -0.0878. The van der Waals surface area contributed by atoms with Crippen molar-refractivity contribution in [3.05, 3.63) is 69.3 Å². The van der Waals surface area contributed by atoms with E-state index in [0.29, 0.717) is 18.3 Å². The highest BCUT2D eigenvalue weighted by molar-refractivity contribution is 5.97. The summed E-state index contributed by atoms with van der Waals surface area (Å²) in [5.41, 5.74) is 2.25. The Hall–Kier alpha value is -2.93. The number of nitro benzene ring substituents is 1. The Labute approximate surface area is 170 Å². The van der Waals surface area contributed by atoms with Crippen LogP contribution >= 0.6 is 0 Å². The van der Waals surface area contributed by atoms with Crippen LogP contribution in [0.5, 0.6) is 5.75 Å². The van der Waals surface area contributed by atoms with E-state index < -0.39 is 10.8 Å². The fraction of sp³-hybridized carbons (Fsp3) is 0.409. The summed E-state index contributed by atoms with van der Waals surface area (Å²) in [6, 6.07) is 12.6. The maximum atomic E-state index is 12.7. The summed E-state index contributed by atoms with van der Waals surface area (Å²) < 4.78 is 5.20. The molecule has 0 saturated carbocycles. The van der Waals surface area contributed by atoms with Crippen LogP contribution in [-0.4, -0.2) is 35.4 Å². The second-order valence-corrected chi connectivity index (χ2v) is 7.41. The van der Waals surface area contributed by atoms with Gasteiger partial charge in [0.1, 0.15) is 5.75 Å². The largest absolute Gasteiger partial charge is 0.496 e. The first-order valence-electron chi connectivity index (χ1n) is 9.91. The van der Waals surface area contributed by atoms with Crippen molar-refractivity contribution in [2.24, 2.45) is 0 Å². The first-order valence-corrected chi connectivity index (χ1v) is 9.91. The summed E-state index contributed by atoms with van der Waals surface area (Å²) in [4.78, 5) is 25.7. The lowest BCUT2D eigenvalue weighted by Crippen LogP contribution is -2.37. The lowest BCUT2D eigenvalue weighted by atomic mass is 10.0. The van der Waals surface area contributed by atoms with Gasteiger partial charge in [-0.25, -0.2) is 0 Å². The number of likely N-dealkylation sites (tertiary alicyclic amines) is 1. The van der Waals surface area contributed by atoms with Gasteiger partial charge in [-0.05, 0) is 43.5 Å². The molecule has 1 N–H and O–H groups in total. The molecule has 1 aliphatic rings. The average molecular weight is 397 g/mol. The number of nitrogens with zero attached hydrogens (tertiary/aromatic N) is 2. The number of piperidine rings is 1. The van der Waals surface area contributed by atoms with E-state index in [-0.39, 0.29) is 11.3 Å². The van der Waals surface area contributed by atoms with Gasteiger partial charge in [0.05, 0.1) is 17.6 Å². The summed E-state index contributed by atoms with van der Waals surface area (Å²) in [6.45, 7) is 4.56. The zero-order valence-corrected chi connectivity index (χ0v) is 16.9. The molecule has 1 aliphatic heterocycles. The van der Waals surface area contributed by atoms with Crippen molar-refractivity contribution in [1.82, 2.24) is 10.2 Å². The summed E-state index contributed by atoms with van der Waals surface area (Å²) in [5, 5.41) is 13.9. The summed E-state index contributed by atoms with van der Waals surface area (Å²) >= 11 is 0. The number of nitrogens with one attached hydrogen (secondary N) is 1. The normalized spacial score (nSPS) is 17.0. The number of hydrogen-bond acceptors (Lipinski definition) is 5. The quantitative estimate of drug-likeness (QED) is 0.566. The Balaban J connectivity index is 1.72.